The largest absolute Gasteiger partial charge is 0.366 e. The number of nitrogens with one attached hydrogen (secondary N) is 2. The molecule has 0 aromatic rings. The summed E-state index contributed by atoms with van der Waals surface area (Å²) in [6, 6.07) is 0.187. The van der Waals surface area contributed by atoms with Crippen LogP contribution in [0.25, 0.3) is 0 Å². The van der Waals surface area contributed by atoms with Crippen LogP contribution in [0.15, 0.2) is 60.5 Å². The SMILES string of the molecule is C=CN/C(=C\C)C[C@H](NC(C)(C)C(=C)CC1CCC2(C)C(=CCC3[C@@H]2CCC2(C)C3(C)CC[C@]2(C)[C@H](C)CCCC(C)C)C1)C(=C)C. The van der Waals surface area contributed by atoms with Crippen molar-refractivity contribution in [3.05, 3.63) is 60.5 Å². The highest BCUT2D eigenvalue weighted by Crippen LogP contribution is 2.76. The topological polar surface area (TPSA) is 24.1 Å². The lowest BCUT2D eigenvalue weighted by Crippen LogP contribution is -2.57. The molecule has 5 unspecified atom stereocenters. The first-order valence-electron chi connectivity index (χ1n) is 19.7. The van der Waals surface area contributed by atoms with Crippen LogP contribution in [-0.4, -0.2) is 11.6 Å². The summed E-state index contributed by atoms with van der Waals surface area (Å²) in [6.45, 7) is 40.1. The zero-order chi connectivity index (χ0) is 35.0. The first kappa shape index (κ1) is 38.3. The summed E-state index contributed by atoms with van der Waals surface area (Å²) >= 11 is 0. The molecular weight excluding hydrogens is 569 g/mol. The molecule has 2 heteroatoms. The minimum absolute atomic E-state index is 0.160. The summed E-state index contributed by atoms with van der Waals surface area (Å²) in [7, 11) is 0. The number of hydrogen-bond acceptors (Lipinski definition) is 2. The summed E-state index contributed by atoms with van der Waals surface area (Å²) in [6.07, 6.45) is 23.8. The second-order valence-corrected chi connectivity index (χ2v) is 19.0. The van der Waals surface area contributed by atoms with E-state index in [4.69, 9.17) is 6.58 Å². The number of rotatable bonds is 15. The Morgan fingerprint density at radius 2 is 1.70 bits per heavy atom. The van der Waals surface area contributed by atoms with Gasteiger partial charge in [0.15, 0.2) is 0 Å². The Morgan fingerprint density at radius 3 is 2.32 bits per heavy atom. The lowest BCUT2D eigenvalue weighted by Gasteiger charge is -2.65. The fourth-order valence-electron chi connectivity index (χ4n) is 11.7. The average Bonchev–Trinajstić information content (AvgIpc) is 3.22. The van der Waals surface area contributed by atoms with E-state index in [2.05, 4.69) is 112 Å². The molecule has 0 radical (unpaired) electrons. The third-order valence-corrected chi connectivity index (χ3v) is 15.8. The predicted octanol–water partition coefficient (Wildman–Crippen LogP) is 12.7. The van der Waals surface area contributed by atoms with Crippen molar-refractivity contribution in [2.24, 2.45) is 51.2 Å². The highest BCUT2D eigenvalue weighted by Gasteiger charge is 2.68. The molecule has 0 saturated heterocycles. The maximum atomic E-state index is 4.71. The summed E-state index contributed by atoms with van der Waals surface area (Å²) in [4.78, 5) is 0. The third-order valence-electron chi connectivity index (χ3n) is 15.8. The Morgan fingerprint density at radius 1 is 1.00 bits per heavy atom. The van der Waals surface area contributed by atoms with Gasteiger partial charge in [0.1, 0.15) is 0 Å². The van der Waals surface area contributed by atoms with Gasteiger partial charge in [0.25, 0.3) is 0 Å². The van der Waals surface area contributed by atoms with Crippen LogP contribution in [0.3, 0.4) is 0 Å². The molecule has 9 atom stereocenters. The van der Waals surface area contributed by atoms with Gasteiger partial charge in [-0.2, -0.15) is 0 Å². The zero-order valence-electron chi connectivity index (χ0n) is 33.0. The average molecular weight is 645 g/mol. The van der Waals surface area contributed by atoms with Gasteiger partial charge in [0, 0.05) is 23.7 Å². The summed E-state index contributed by atoms with van der Waals surface area (Å²) in [5.74, 6) is 4.03. The highest BCUT2D eigenvalue weighted by molar-refractivity contribution is 5.29. The van der Waals surface area contributed by atoms with E-state index in [0.717, 1.165) is 42.1 Å². The Labute approximate surface area is 292 Å². The molecule has 3 fully saturated rings. The van der Waals surface area contributed by atoms with Crippen LogP contribution >= 0.6 is 0 Å². The smallest absolute Gasteiger partial charge is 0.0339 e. The van der Waals surface area contributed by atoms with Crippen LogP contribution < -0.4 is 10.6 Å². The molecule has 0 aromatic heterocycles. The van der Waals surface area contributed by atoms with Crippen molar-refractivity contribution in [3.8, 4) is 0 Å². The number of hydrogen-bond donors (Lipinski definition) is 2. The summed E-state index contributed by atoms with van der Waals surface area (Å²) < 4.78 is 0. The van der Waals surface area contributed by atoms with Crippen molar-refractivity contribution in [1.82, 2.24) is 10.6 Å². The molecule has 4 aliphatic carbocycles. The normalized spacial score (nSPS) is 36.9. The van der Waals surface area contributed by atoms with Crippen LogP contribution in [0.1, 0.15) is 160 Å². The van der Waals surface area contributed by atoms with E-state index in [-0.39, 0.29) is 11.6 Å². The van der Waals surface area contributed by atoms with E-state index in [9.17, 15) is 0 Å². The Balaban J connectivity index is 1.45. The molecule has 0 bridgehead atoms. The van der Waals surface area contributed by atoms with Crippen molar-refractivity contribution in [1.29, 1.82) is 0 Å². The summed E-state index contributed by atoms with van der Waals surface area (Å²) in [5, 5.41) is 7.24. The molecule has 4 aliphatic rings. The van der Waals surface area contributed by atoms with Gasteiger partial charge in [0.2, 0.25) is 0 Å². The molecule has 47 heavy (non-hydrogen) atoms. The lowest BCUT2D eigenvalue weighted by molar-refractivity contribution is -0.139. The molecule has 2 nitrogen and oxygen atoms in total. The van der Waals surface area contributed by atoms with E-state index in [1.165, 1.54) is 81.9 Å². The monoisotopic (exact) mass is 645 g/mol. The maximum absolute atomic E-state index is 4.71. The molecular formula is C45H76N2. The minimum atomic E-state index is -0.160. The van der Waals surface area contributed by atoms with E-state index in [0.29, 0.717) is 27.6 Å². The fraction of sp³-hybridized carbons (Fsp3) is 0.778. The Hall–Kier alpha value is -1.54. The van der Waals surface area contributed by atoms with Crippen molar-refractivity contribution in [3.63, 3.8) is 0 Å². The van der Waals surface area contributed by atoms with E-state index in [1.807, 2.05) is 0 Å². The number of allylic oxidation sites excluding steroid dienone is 3. The van der Waals surface area contributed by atoms with E-state index >= 15 is 0 Å². The van der Waals surface area contributed by atoms with Gasteiger partial charge >= 0.3 is 0 Å². The van der Waals surface area contributed by atoms with Crippen LogP contribution in [0.4, 0.5) is 0 Å². The molecule has 0 aromatic carbocycles. The first-order valence-corrected chi connectivity index (χ1v) is 19.7. The Kier molecular flexibility index (Phi) is 11.7. The highest BCUT2D eigenvalue weighted by atomic mass is 15.0. The van der Waals surface area contributed by atoms with Crippen LogP contribution in [0.2, 0.25) is 0 Å². The van der Waals surface area contributed by atoms with Crippen molar-refractivity contribution in [2.75, 3.05) is 0 Å². The van der Waals surface area contributed by atoms with Crippen molar-refractivity contribution >= 4 is 0 Å². The van der Waals surface area contributed by atoms with E-state index in [1.54, 1.807) is 11.8 Å². The van der Waals surface area contributed by atoms with Crippen molar-refractivity contribution in [2.45, 2.75) is 171 Å². The van der Waals surface area contributed by atoms with Gasteiger partial charge in [0.05, 0.1) is 0 Å². The maximum Gasteiger partial charge on any atom is 0.0339 e. The second kappa shape index (κ2) is 14.4. The lowest BCUT2D eigenvalue weighted by atomic mass is 9.40. The first-order chi connectivity index (χ1) is 21.9. The van der Waals surface area contributed by atoms with Gasteiger partial charge in [-0.3, -0.25) is 0 Å². The zero-order valence-corrected chi connectivity index (χ0v) is 33.0. The van der Waals surface area contributed by atoms with E-state index < -0.39 is 0 Å². The summed E-state index contributed by atoms with van der Waals surface area (Å²) in [5.41, 5.74) is 7.06. The quantitative estimate of drug-likeness (QED) is 0.173. The van der Waals surface area contributed by atoms with Crippen LogP contribution in [-0.2, 0) is 0 Å². The third kappa shape index (κ3) is 7.07. The van der Waals surface area contributed by atoms with Crippen molar-refractivity contribution < 1.29 is 0 Å². The number of fused-ring (bicyclic) bond motifs is 5. The van der Waals surface area contributed by atoms with Crippen LogP contribution in [0, 0.1) is 51.2 Å². The van der Waals surface area contributed by atoms with Crippen LogP contribution in [0.5, 0.6) is 0 Å². The molecule has 0 heterocycles. The molecule has 0 amide bonds. The Bertz CT molecular complexity index is 1220. The van der Waals surface area contributed by atoms with Gasteiger partial charge in [-0.05, 0) is 143 Å². The van der Waals surface area contributed by atoms with Gasteiger partial charge in [-0.1, -0.05) is 116 Å². The van der Waals surface area contributed by atoms with Gasteiger partial charge in [-0.15, -0.1) is 0 Å². The molecule has 2 N–H and O–H groups in total. The molecule has 266 valence electrons. The molecule has 4 rings (SSSR count). The molecule has 0 aliphatic heterocycles. The second-order valence-electron chi connectivity index (χ2n) is 19.0. The van der Waals surface area contributed by atoms with Gasteiger partial charge in [-0.25, -0.2) is 0 Å². The van der Waals surface area contributed by atoms with Gasteiger partial charge < -0.3 is 10.6 Å². The molecule has 3 saturated carbocycles. The molecule has 0 spiro atoms. The minimum Gasteiger partial charge on any atom is -0.366 e. The fourth-order valence-corrected chi connectivity index (χ4v) is 11.7. The standard InChI is InChI=1S/C45H76N2/c1-15-37(46-16-2)30-40(32(5)6)47-41(9,10)34(8)28-35-22-24-42(11)36(29-35)20-21-39-38(42)23-25-45(14)43(12,26-27-44(39,45)13)33(7)19-17-18-31(3)4/h15-16,20,31,33,35,38-40,46-47H,2,5,8,17-19,21-30H2,1,3-4,6-7,9-14H3/b37-15-/t33-,35?,38+,39?,40+,42?,43-,44?,45?/m1/s1. The predicted molar refractivity (Wildman–Crippen MR) is 207 cm³/mol.